The molecule has 0 radical (unpaired) electrons. The lowest BCUT2D eigenvalue weighted by atomic mass is 10.3. The number of hydrogen-bond acceptors (Lipinski definition) is 7. The van der Waals surface area contributed by atoms with Crippen molar-refractivity contribution in [2.45, 2.75) is 6.92 Å². The minimum atomic E-state index is -0.293. The highest BCUT2D eigenvalue weighted by Gasteiger charge is 2.16. The quantitative estimate of drug-likeness (QED) is 0.840. The molecule has 0 saturated carbocycles. The molecular weight excluding hydrogens is 336 g/mol. The Balaban J connectivity index is 1.62. The molecule has 1 amide bonds. The van der Waals surface area contributed by atoms with Gasteiger partial charge in [-0.3, -0.25) is 4.79 Å². The molecule has 1 fully saturated rings. The molecule has 1 aliphatic rings. The van der Waals surface area contributed by atoms with Gasteiger partial charge in [0.05, 0.1) is 26.0 Å². The van der Waals surface area contributed by atoms with E-state index in [4.69, 9.17) is 14.2 Å². The first-order valence-corrected chi connectivity index (χ1v) is 8.40. The van der Waals surface area contributed by atoms with Crippen LogP contribution < -0.4 is 19.7 Å². The highest BCUT2D eigenvalue weighted by atomic mass is 16.5. The van der Waals surface area contributed by atoms with Gasteiger partial charge in [-0.1, -0.05) is 12.1 Å². The summed E-state index contributed by atoms with van der Waals surface area (Å²) in [7, 11) is 1.55. The first-order valence-electron chi connectivity index (χ1n) is 8.40. The van der Waals surface area contributed by atoms with Gasteiger partial charge < -0.3 is 24.4 Å². The van der Waals surface area contributed by atoms with Gasteiger partial charge in [0, 0.05) is 24.8 Å². The van der Waals surface area contributed by atoms with E-state index < -0.39 is 0 Å². The summed E-state index contributed by atoms with van der Waals surface area (Å²) < 4.78 is 16.1. The van der Waals surface area contributed by atoms with E-state index in [-0.39, 0.29) is 12.5 Å². The Kier molecular flexibility index (Phi) is 5.85. The van der Waals surface area contributed by atoms with Crippen molar-refractivity contribution in [1.29, 1.82) is 0 Å². The lowest BCUT2D eigenvalue weighted by Crippen LogP contribution is -2.37. The molecule has 26 heavy (non-hydrogen) atoms. The average molecular weight is 358 g/mol. The van der Waals surface area contributed by atoms with Gasteiger partial charge in [-0.2, -0.15) is 4.98 Å². The Morgan fingerprint density at radius 1 is 1.27 bits per heavy atom. The van der Waals surface area contributed by atoms with Gasteiger partial charge in [-0.25, -0.2) is 4.98 Å². The van der Waals surface area contributed by atoms with Crippen LogP contribution in [0.15, 0.2) is 30.3 Å². The van der Waals surface area contributed by atoms with Gasteiger partial charge in [0.25, 0.3) is 5.91 Å². The topological polar surface area (TPSA) is 85.8 Å². The summed E-state index contributed by atoms with van der Waals surface area (Å²) in [5.74, 6) is 1.26. The Bertz CT molecular complexity index is 763. The molecule has 8 heteroatoms. The number of anilines is 2. The van der Waals surface area contributed by atoms with Crippen LogP contribution in [0.3, 0.4) is 0 Å². The number of aryl methyl sites for hydroxylation is 1. The first-order chi connectivity index (χ1) is 12.7. The fraction of sp³-hybridized carbons (Fsp3) is 0.389. The lowest BCUT2D eigenvalue weighted by molar-refractivity contribution is -0.118. The zero-order valence-electron chi connectivity index (χ0n) is 14.9. The number of nitrogens with one attached hydrogen (secondary N) is 1. The predicted molar refractivity (Wildman–Crippen MR) is 96.9 cm³/mol. The largest absolute Gasteiger partial charge is 0.495 e. The molecule has 1 saturated heterocycles. The Hall–Kier alpha value is -2.87. The maximum atomic E-state index is 12.2. The SMILES string of the molecule is COc1ccccc1NC(=O)COc1cc(C)nc(N2CCOCC2)n1. The average Bonchev–Trinajstić information content (AvgIpc) is 2.67. The molecular formula is C18H22N4O4. The molecule has 1 aromatic carbocycles. The van der Waals surface area contributed by atoms with Gasteiger partial charge in [-0.15, -0.1) is 0 Å². The van der Waals surface area contributed by atoms with Crippen molar-refractivity contribution in [3.05, 3.63) is 36.0 Å². The Labute approximate surface area is 152 Å². The number of methoxy groups -OCH3 is 1. The second-order valence-electron chi connectivity index (χ2n) is 5.78. The minimum Gasteiger partial charge on any atom is -0.495 e. The van der Waals surface area contributed by atoms with E-state index in [1.165, 1.54) is 0 Å². The van der Waals surface area contributed by atoms with Gasteiger partial charge in [0.1, 0.15) is 5.75 Å². The van der Waals surface area contributed by atoms with Crippen LogP contribution in [0.2, 0.25) is 0 Å². The molecule has 0 bridgehead atoms. The van der Waals surface area contributed by atoms with E-state index in [2.05, 4.69) is 15.3 Å². The molecule has 1 aromatic heterocycles. The number of carbonyl (C=O) groups excluding carboxylic acids is 1. The van der Waals surface area contributed by atoms with Gasteiger partial charge in [0.2, 0.25) is 11.8 Å². The number of rotatable bonds is 6. The van der Waals surface area contributed by atoms with Crippen LogP contribution in [0.5, 0.6) is 11.6 Å². The van der Waals surface area contributed by atoms with Gasteiger partial charge in [-0.05, 0) is 19.1 Å². The number of aromatic nitrogens is 2. The first kappa shape index (κ1) is 17.9. The monoisotopic (exact) mass is 358 g/mol. The highest BCUT2D eigenvalue weighted by molar-refractivity contribution is 5.93. The van der Waals surface area contributed by atoms with Crippen molar-refractivity contribution in [3.63, 3.8) is 0 Å². The van der Waals surface area contributed by atoms with Crippen LogP contribution in [-0.4, -0.2) is 55.9 Å². The highest BCUT2D eigenvalue weighted by Crippen LogP contribution is 2.23. The van der Waals surface area contributed by atoms with Crippen LogP contribution in [0, 0.1) is 6.92 Å². The minimum absolute atomic E-state index is 0.156. The number of carbonyl (C=O) groups is 1. The number of nitrogens with zero attached hydrogens (tertiary/aromatic N) is 3. The van der Waals surface area contributed by atoms with Crippen LogP contribution >= 0.6 is 0 Å². The molecule has 8 nitrogen and oxygen atoms in total. The molecule has 2 heterocycles. The molecule has 0 atom stereocenters. The standard InChI is InChI=1S/C18H22N4O4/c1-13-11-17(21-18(19-13)22-7-9-25-10-8-22)26-12-16(23)20-14-5-3-4-6-15(14)24-2/h3-6,11H,7-10,12H2,1-2H3,(H,20,23). The molecule has 1 aliphatic heterocycles. The van der Waals surface area contributed by atoms with Gasteiger partial charge in [0.15, 0.2) is 6.61 Å². The van der Waals surface area contributed by atoms with E-state index >= 15 is 0 Å². The second-order valence-corrected chi connectivity index (χ2v) is 5.78. The van der Waals surface area contributed by atoms with Crippen molar-refractivity contribution in [2.24, 2.45) is 0 Å². The van der Waals surface area contributed by atoms with Crippen molar-refractivity contribution < 1.29 is 19.0 Å². The maximum absolute atomic E-state index is 12.2. The van der Waals surface area contributed by atoms with Crippen LogP contribution in [0.25, 0.3) is 0 Å². The molecule has 3 rings (SSSR count). The smallest absolute Gasteiger partial charge is 0.262 e. The van der Waals surface area contributed by atoms with E-state index in [1.807, 2.05) is 24.0 Å². The summed E-state index contributed by atoms with van der Waals surface area (Å²) in [4.78, 5) is 23.0. The normalized spacial score (nSPS) is 14.0. The summed E-state index contributed by atoms with van der Waals surface area (Å²) in [5, 5.41) is 2.77. The third-order valence-corrected chi connectivity index (χ3v) is 3.85. The number of hydrogen-bond donors (Lipinski definition) is 1. The predicted octanol–water partition coefficient (Wildman–Crippen LogP) is 1.65. The molecule has 0 spiro atoms. The summed E-state index contributed by atoms with van der Waals surface area (Å²) in [5.41, 5.74) is 1.37. The Morgan fingerprint density at radius 2 is 2.04 bits per heavy atom. The van der Waals surface area contributed by atoms with Crippen LogP contribution in [0.4, 0.5) is 11.6 Å². The fourth-order valence-electron chi connectivity index (χ4n) is 2.58. The summed E-state index contributed by atoms with van der Waals surface area (Å²) in [6.45, 7) is 4.47. The molecule has 2 aromatic rings. The summed E-state index contributed by atoms with van der Waals surface area (Å²) in [6.07, 6.45) is 0. The number of amides is 1. The molecule has 138 valence electrons. The van der Waals surface area contributed by atoms with Crippen molar-refractivity contribution in [2.75, 3.05) is 50.2 Å². The number of para-hydroxylation sites is 2. The van der Waals surface area contributed by atoms with E-state index in [0.717, 1.165) is 18.8 Å². The van der Waals surface area contributed by atoms with Crippen molar-refractivity contribution in [1.82, 2.24) is 9.97 Å². The second kappa shape index (κ2) is 8.48. The number of ether oxygens (including phenoxy) is 3. The zero-order chi connectivity index (χ0) is 18.4. The molecule has 0 aliphatic carbocycles. The number of morpholine rings is 1. The third kappa shape index (κ3) is 4.60. The van der Waals surface area contributed by atoms with Crippen molar-refractivity contribution >= 4 is 17.5 Å². The Morgan fingerprint density at radius 3 is 2.81 bits per heavy atom. The van der Waals surface area contributed by atoms with Crippen molar-refractivity contribution in [3.8, 4) is 11.6 Å². The zero-order valence-corrected chi connectivity index (χ0v) is 14.9. The fourth-order valence-corrected chi connectivity index (χ4v) is 2.58. The lowest BCUT2D eigenvalue weighted by Gasteiger charge is -2.27. The van der Waals surface area contributed by atoms with Gasteiger partial charge >= 0.3 is 0 Å². The van der Waals surface area contributed by atoms with E-state index in [1.54, 1.807) is 25.3 Å². The molecule has 1 N–H and O–H groups in total. The number of benzene rings is 1. The van der Waals surface area contributed by atoms with Crippen LogP contribution in [-0.2, 0) is 9.53 Å². The van der Waals surface area contributed by atoms with E-state index in [9.17, 15) is 4.79 Å². The maximum Gasteiger partial charge on any atom is 0.262 e. The third-order valence-electron chi connectivity index (χ3n) is 3.85. The molecule has 0 unspecified atom stereocenters. The van der Waals surface area contributed by atoms with E-state index in [0.29, 0.717) is 36.5 Å². The summed E-state index contributed by atoms with van der Waals surface area (Å²) >= 11 is 0. The summed E-state index contributed by atoms with van der Waals surface area (Å²) in [6, 6.07) is 8.91. The van der Waals surface area contributed by atoms with Crippen LogP contribution in [0.1, 0.15) is 5.69 Å².